The number of aromatic nitrogens is 5. The van der Waals surface area contributed by atoms with E-state index >= 15 is 0 Å². The number of hydrogen-bond donors (Lipinski definition) is 1. The minimum absolute atomic E-state index is 0.366. The monoisotopic (exact) mass is 403 g/mol. The summed E-state index contributed by atoms with van der Waals surface area (Å²) in [6, 6.07) is 9.09. The van der Waals surface area contributed by atoms with Gasteiger partial charge in [0.15, 0.2) is 5.82 Å². The summed E-state index contributed by atoms with van der Waals surface area (Å²) in [5.74, 6) is 1.47. The van der Waals surface area contributed by atoms with Gasteiger partial charge in [-0.05, 0) is 25.1 Å². The molecule has 3 heterocycles. The van der Waals surface area contributed by atoms with E-state index in [1.165, 1.54) is 0 Å². The minimum Gasteiger partial charge on any atom is -0.438 e. The number of aryl methyl sites for hydroxylation is 2. The molecule has 0 spiro atoms. The fourth-order valence-corrected chi connectivity index (χ4v) is 3.37. The Balaban J connectivity index is 1.74. The van der Waals surface area contributed by atoms with Crippen molar-refractivity contribution < 1.29 is 4.74 Å². The van der Waals surface area contributed by atoms with Gasteiger partial charge in [0.1, 0.15) is 17.1 Å². The maximum Gasteiger partial charge on any atom is 0.218 e. The van der Waals surface area contributed by atoms with E-state index in [-0.39, 0.29) is 0 Å². The molecule has 2 N–H and O–H groups in total. The van der Waals surface area contributed by atoms with E-state index < -0.39 is 0 Å². The van der Waals surface area contributed by atoms with Crippen molar-refractivity contribution in [1.82, 2.24) is 24.7 Å². The summed E-state index contributed by atoms with van der Waals surface area (Å²) >= 11 is 1.56. The van der Waals surface area contributed by atoms with Gasteiger partial charge in [-0.2, -0.15) is 10.4 Å². The van der Waals surface area contributed by atoms with Crippen LogP contribution in [0.3, 0.4) is 0 Å². The van der Waals surface area contributed by atoms with Gasteiger partial charge in [-0.3, -0.25) is 0 Å². The normalized spacial score (nSPS) is 10.7. The van der Waals surface area contributed by atoms with Gasteiger partial charge < -0.3 is 10.5 Å². The van der Waals surface area contributed by atoms with Crippen molar-refractivity contribution in [3.8, 4) is 40.5 Å². The van der Waals surface area contributed by atoms with Gasteiger partial charge >= 0.3 is 0 Å². The molecular formula is C20H17N7OS. The fourth-order valence-electron chi connectivity index (χ4n) is 2.79. The molecule has 0 atom stereocenters. The van der Waals surface area contributed by atoms with E-state index in [2.05, 4.69) is 26.1 Å². The van der Waals surface area contributed by atoms with Gasteiger partial charge in [-0.1, -0.05) is 0 Å². The Bertz CT molecular complexity index is 1200. The van der Waals surface area contributed by atoms with Crippen molar-refractivity contribution in [2.24, 2.45) is 12.8 Å². The van der Waals surface area contributed by atoms with Crippen molar-refractivity contribution in [3.63, 3.8) is 0 Å². The highest BCUT2D eigenvalue weighted by Crippen LogP contribution is 2.34. The van der Waals surface area contributed by atoms with E-state index in [0.717, 1.165) is 21.8 Å². The van der Waals surface area contributed by atoms with Crippen LogP contribution in [0.4, 0.5) is 0 Å². The molecule has 0 aliphatic rings. The van der Waals surface area contributed by atoms with Gasteiger partial charge in [0.2, 0.25) is 5.88 Å². The Labute approximate surface area is 171 Å². The van der Waals surface area contributed by atoms with Crippen molar-refractivity contribution in [2.45, 2.75) is 13.5 Å². The number of nitrogens with zero attached hydrogens (tertiary/aromatic N) is 6. The highest BCUT2D eigenvalue weighted by Gasteiger charge is 2.16. The number of nitriles is 1. The Kier molecular flexibility index (Phi) is 5.03. The Hall–Kier alpha value is -3.61. The zero-order valence-corrected chi connectivity index (χ0v) is 16.6. The van der Waals surface area contributed by atoms with Crippen LogP contribution in [0.5, 0.6) is 11.6 Å². The number of ether oxygens (including phenoxy) is 1. The molecule has 0 radical (unpaired) electrons. The summed E-state index contributed by atoms with van der Waals surface area (Å²) in [5, 5.41) is 13.8. The summed E-state index contributed by atoms with van der Waals surface area (Å²) in [6.07, 6.45) is 3.36. The Morgan fingerprint density at radius 2 is 2.00 bits per heavy atom. The van der Waals surface area contributed by atoms with Crippen LogP contribution >= 0.6 is 11.3 Å². The third-order valence-electron chi connectivity index (χ3n) is 4.33. The van der Waals surface area contributed by atoms with Gasteiger partial charge in [-0.15, -0.1) is 11.3 Å². The van der Waals surface area contributed by atoms with E-state index in [1.54, 1.807) is 59.2 Å². The largest absolute Gasteiger partial charge is 0.438 e. The van der Waals surface area contributed by atoms with E-state index in [9.17, 15) is 5.26 Å². The molecule has 4 rings (SSSR count). The third-order valence-corrected chi connectivity index (χ3v) is 5.09. The average molecular weight is 403 g/mol. The zero-order valence-electron chi connectivity index (χ0n) is 15.8. The van der Waals surface area contributed by atoms with Crippen molar-refractivity contribution in [2.75, 3.05) is 0 Å². The SMILES string of the molecule is Cc1scnc1-c1cc(Oc2cc(C#N)ccc2-c2ncc(CN)cn2)n(C)n1. The zero-order chi connectivity index (χ0) is 20.4. The second kappa shape index (κ2) is 7.79. The molecule has 0 aliphatic heterocycles. The highest BCUT2D eigenvalue weighted by atomic mass is 32.1. The first kappa shape index (κ1) is 18.7. The van der Waals surface area contributed by atoms with Crippen LogP contribution in [0.25, 0.3) is 22.8 Å². The number of nitrogens with two attached hydrogens (primary N) is 1. The van der Waals surface area contributed by atoms with Crippen LogP contribution in [-0.2, 0) is 13.6 Å². The molecule has 0 amide bonds. The van der Waals surface area contributed by atoms with Gasteiger partial charge in [0, 0.05) is 42.5 Å². The smallest absolute Gasteiger partial charge is 0.218 e. The Morgan fingerprint density at radius 1 is 1.21 bits per heavy atom. The first-order chi connectivity index (χ1) is 14.1. The molecule has 9 heteroatoms. The summed E-state index contributed by atoms with van der Waals surface area (Å²) in [6.45, 7) is 2.36. The number of thiazole rings is 1. The second-order valence-corrected chi connectivity index (χ2v) is 7.35. The summed E-state index contributed by atoms with van der Waals surface area (Å²) < 4.78 is 7.77. The lowest BCUT2D eigenvalue weighted by Crippen LogP contribution is -2.01. The van der Waals surface area contributed by atoms with Crippen LogP contribution in [0, 0.1) is 18.3 Å². The Morgan fingerprint density at radius 3 is 2.66 bits per heavy atom. The maximum atomic E-state index is 9.30. The van der Waals surface area contributed by atoms with Gasteiger partial charge in [-0.25, -0.2) is 19.6 Å². The number of hydrogen-bond acceptors (Lipinski definition) is 8. The van der Waals surface area contributed by atoms with Gasteiger partial charge in [0.05, 0.1) is 22.7 Å². The predicted octanol–water partition coefficient (Wildman–Crippen LogP) is 3.43. The highest BCUT2D eigenvalue weighted by molar-refractivity contribution is 7.10. The van der Waals surface area contributed by atoms with E-state index in [4.69, 9.17) is 10.5 Å². The molecular weight excluding hydrogens is 386 g/mol. The van der Waals surface area contributed by atoms with Crippen LogP contribution in [-0.4, -0.2) is 24.7 Å². The molecule has 8 nitrogen and oxygen atoms in total. The lowest BCUT2D eigenvalue weighted by atomic mass is 10.1. The molecule has 1 aromatic carbocycles. The second-order valence-electron chi connectivity index (χ2n) is 6.29. The van der Waals surface area contributed by atoms with E-state index in [0.29, 0.717) is 35.1 Å². The molecule has 0 bridgehead atoms. The molecule has 0 aliphatic carbocycles. The molecule has 0 fully saturated rings. The van der Waals surface area contributed by atoms with Crippen LogP contribution in [0.15, 0.2) is 42.2 Å². The molecule has 3 aromatic heterocycles. The predicted molar refractivity (Wildman–Crippen MR) is 109 cm³/mol. The first-order valence-corrected chi connectivity index (χ1v) is 9.65. The number of rotatable bonds is 5. The number of benzene rings is 1. The molecule has 0 saturated carbocycles. The van der Waals surface area contributed by atoms with Crippen molar-refractivity contribution >= 4 is 11.3 Å². The van der Waals surface area contributed by atoms with Crippen LogP contribution in [0.1, 0.15) is 16.0 Å². The first-order valence-electron chi connectivity index (χ1n) is 8.77. The van der Waals surface area contributed by atoms with Crippen LogP contribution in [0.2, 0.25) is 0 Å². The molecule has 4 aromatic rings. The standard InChI is InChI=1S/C20H17N7OS/c1-12-19(25-11-29-12)16-6-18(27(2)26-16)28-17-5-13(7-21)3-4-15(17)20-23-9-14(8-22)10-24-20/h3-6,9-11H,8,22H2,1-2H3. The third kappa shape index (κ3) is 3.71. The fraction of sp³-hybridized carbons (Fsp3) is 0.150. The molecule has 0 saturated heterocycles. The lowest BCUT2D eigenvalue weighted by molar-refractivity contribution is 0.432. The summed E-state index contributed by atoms with van der Waals surface area (Å²) in [7, 11) is 1.79. The quantitative estimate of drug-likeness (QED) is 0.543. The van der Waals surface area contributed by atoms with Gasteiger partial charge in [0.25, 0.3) is 0 Å². The van der Waals surface area contributed by atoms with Crippen molar-refractivity contribution in [3.05, 3.63) is 58.2 Å². The average Bonchev–Trinajstić information content (AvgIpc) is 3.33. The maximum absolute atomic E-state index is 9.30. The topological polar surface area (TPSA) is 116 Å². The van der Waals surface area contributed by atoms with Crippen LogP contribution < -0.4 is 10.5 Å². The summed E-state index contributed by atoms with van der Waals surface area (Å²) in [5.41, 5.74) is 10.9. The lowest BCUT2D eigenvalue weighted by Gasteiger charge is -2.11. The molecule has 144 valence electrons. The molecule has 29 heavy (non-hydrogen) atoms. The van der Waals surface area contributed by atoms with E-state index in [1.807, 2.05) is 13.0 Å². The van der Waals surface area contributed by atoms with Crippen molar-refractivity contribution in [1.29, 1.82) is 5.26 Å². The summed E-state index contributed by atoms with van der Waals surface area (Å²) in [4.78, 5) is 14.2. The molecule has 0 unspecified atom stereocenters. The minimum atomic E-state index is 0.366.